The zero-order chi connectivity index (χ0) is 13.4. The number of hydrogen-bond acceptors (Lipinski definition) is 2. The average Bonchev–Trinajstić information content (AvgIpc) is 2.44. The third kappa shape index (κ3) is 1.94. The van der Waals surface area contributed by atoms with E-state index in [9.17, 15) is 4.79 Å². The third-order valence-electron chi connectivity index (χ3n) is 3.13. The van der Waals surface area contributed by atoms with Crippen molar-refractivity contribution < 1.29 is 4.42 Å². The molecule has 0 radical (unpaired) electrons. The highest BCUT2D eigenvalue weighted by molar-refractivity contribution is 6.34. The molecule has 0 spiro atoms. The normalized spacial score (nSPS) is 10.8. The van der Waals surface area contributed by atoms with E-state index in [4.69, 9.17) is 16.0 Å². The smallest absolute Gasteiger partial charge is 0.196 e. The van der Waals surface area contributed by atoms with Gasteiger partial charge in [0, 0.05) is 11.1 Å². The van der Waals surface area contributed by atoms with Gasteiger partial charge >= 0.3 is 0 Å². The van der Waals surface area contributed by atoms with Gasteiger partial charge in [-0.25, -0.2) is 0 Å². The van der Waals surface area contributed by atoms with Crippen molar-refractivity contribution in [2.75, 3.05) is 0 Å². The van der Waals surface area contributed by atoms with Crippen LogP contribution in [-0.2, 0) is 0 Å². The second-order valence-electron chi connectivity index (χ2n) is 4.37. The van der Waals surface area contributed by atoms with Gasteiger partial charge in [0.25, 0.3) is 0 Å². The Morgan fingerprint density at radius 3 is 2.47 bits per heavy atom. The van der Waals surface area contributed by atoms with Crippen LogP contribution in [-0.4, -0.2) is 0 Å². The first-order valence-electron chi connectivity index (χ1n) is 5.96. The molecule has 19 heavy (non-hydrogen) atoms. The molecule has 1 heterocycles. The minimum atomic E-state index is -0.0393. The molecule has 0 amide bonds. The van der Waals surface area contributed by atoms with Gasteiger partial charge in [-0.1, -0.05) is 48.0 Å². The fourth-order valence-electron chi connectivity index (χ4n) is 2.14. The van der Waals surface area contributed by atoms with Crippen molar-refractivity contribution in [2.24, 2.45) is 0 Å². The Morgan fingerprint density at radius 2 is 1.74 bits per heavy atom. The lowest BCUT2D eigenvalue weighted by Crippen LogP contribution is -2.07. The van der Waals surface area contributed by atoms with Gasteiger partial charge in [-0.05, 0) is 19.1 Å². The van der Waals surface area contributed by atoms with E-state index >= 15 is 0 Å². The quantitative estimate of drug-likeness (QED) is 0.655. The average molecular weight is 271 g/mol. The minimum absolute atomic E-state index is 0.0393. The topological polar surface area (TPSA) is 30.2 Å². The first-order chi connectivity index (χ1) is 9.18. The van der Waals surface area contributed by atoms with Crippen LogP contribution in [0.3, 0.4) is 0 Å². The maximum absolute atomic E-state index is 12.4. The highest BCUT2D eigenvalue weighted by Gasteiger charge is 2.13. The molecule has 2 aromatic carbocycles. The molecule has 0 saturated carbocycles. The van der Waals surface area contributed by atoms with E-state index < -0.39 is 0 Å². The van der Waals surface area contributed by atoms with Crippen molar-refractivity contribution >= 4 is 22.6 Å². The van der Waals surface area contributed by atoms with Crippen molar-refractivity contribution in [2.45, 2.75) is 6.92 Å². The Hall–Kier alpha value is -2.06. The lowest BCUT2D eigenvalue weighted by atomic mass is 10.1. The highest BCUT2D eigenvalue weighted by atomic mass is 35.5. The van der Waals surface area contributed by atoms with E-state index in [0.29, 0.717) is 27.3 Å². The number of fused-ring (bicyclic) bond motifs is 1. The largest absolute Gasteiger partial charge is 0.454 e. The Morgan fingerprint density at radius 1 is 1.00 bits per heavy atom. The van der Waals surface area contributed by atoms with Gasteiger partial charge in [0.05, 0.1) is 10.4 Å². The third-order valence-corrected chi connectivity index (χ3v) is 3.43. The molecule has 3 heteroatoms. The summed E-state index contributed by atoms with van der Waals surface area (Å²) >= 11 is 6.11. The highest BCUT2D eigenvalue weighted by Crippen LogP contribution is 2.28. The molecule has 0 bridgehead atoms. The fourth-order valence-corrected chi connectivity index (χ4v) is 2.35. The van der Waals surface area contributed by atoms with Crippen LogP contribution in [0.2, 0.25) is 5.02 Å². The summed E-state index contributed by atoms with van der Waals surface area (Å²) in [6.07, 6.45) is 0. The number of hydrogen-bond donors (Lipinski definition) is 0. The van der Waals surface area contributed by atoms with Crippen LogP contribution in [0.15, 0.2) is 57.7 Å². The van der Waals surface area contributed by atoms with E-state index in [1.54, 1.807) is 25.1 Å². The molecule has 2 nitrogen and oxygen atoms in total. The number of halogens is 1. The SMILES string of the molecule is Cc1c(-c2ccccc2)oc2c(Cl)cccc2c1=O. The summed E-state index contributed by atoms with van der Waals surface area (Å²) in [4.78, 5) is 12.4. The maximum atomic E-state index is 12.4. The molecular weight excluding hydrogens is 260 g/mol. The monoisotopic (exact) mass is 270 g/mol. The first-order valence-corrected chi connectivity index (χ1v) is 6.33. The molecule has 0 atom stereocenters. The van der Waals surface area contributed by atoms with Crippen LogP contribution in [0.4, 0.5) is 0 Å². The number of benzene rings is 2. The van der Waals surface area contributed by atoms with Gasteiger partial charge in [0.1, 0.15) is 5.76 Å². The van der Waals surface area contributed by atoms with Crippen molar-refractivity contribution in [1.82, 2.24) is 0 Å². The van der Waals surface area contributed by atoms with Crippen LogP contribution < -0.4 is 5.43 Å². The van der Waals surface area contributed by atoms with E-state index in [0.717, 1.165) is 5.56 Å². The van der Waals surface area contributed by atoms with Crippen molar-refractivity contribution in [3.8, 4) is 11.3 Å². The summed E-state index contributed by atoms with van der Waals surface area (Å²) in [5.41, 5.74) is 1.88. The summed E-state index contributed by atoms with van der Waals surface area (Å²) in [5.74, 6) is 0.575. The summed E-state index contributed by atoms with van der Waals surface area (Å²) in [6, 6.07) is 14.8. The molecule has 0 aliphatic rings. The molecule has 3 rings (SSSR count). The standard InChI is InChI=1S/C16H11ClO2/c1-10-14(18)12-8-5-9-13(17)16(12)19-15(10)11-6-3-2-4-7-11/h2-9H,1H3. The van der Waals surface area contributed by atoms with Gasteiger partial charge in [-0.15, -0.1) is 0 Å². The van der Waals surface area contributed by atoms with Crippen LogP contribution in [0, 0.1) is 6.92 Å². The zero-order valence-electron chi connectivity index (χ0n) is 10.3. The number of rotatable bonds is 1. The summed E-state index contributed by atoms with van der Waals surface area (Å²) in [5, 5.41) is 0.969. The lowest BCUT2D eigenvalue weighted by molar-refractivity contribution is 0.614. The van der Waals surface area contributed by atoms with E-state index in [1.807, 2.05) is 30.3 Å². The van der Waals surface area contributed by atoms with Gasteiger partial charge in [0.15, 0.2) is 11.0 Å². The summed E-state index contributed by atoms with van der Waals surface area (Å²) in [6.45, 7) is 1.77. The Kier molecular flexibility index (Phi) is 2.88. The zero-order valence-corrected chi connectivity index (χ0v) is 11.1. The molecule has 0 fully saturated rings. The molecule has 0 aliphatic carbocycles. The predicted molar refractivity (Wildman–Crippen MR) is 77.7 cm³/mol. The minimum Gasteiger partial charge on any atom is -0.454 e. The van der Waals surface area contributed by atoms with Gasteiger partial charge in [-0.2, -0.15) is 0 Å². The lowest BCUT2D eigenvalue weighted by Gasteiger charge is -2.07. The van der Waals surface area contributed by atoms with Crippen LogP contribution >= 0.6 is 11.6 Å². The molecule has 0 unspecified atom stereocenters. The fraction of sp³-hybridized carbons (Fsp3) is 0.0625. The second kappa shape index (κ2) is 4.56. The summed E-state index contributed by atoms with van der Waals surface area (Å²) in [7, 11) is 0. The van der Waals surface area contributed by atoms with Gasteiger partial charge in [-0.3, -0.25) is 4.79 Å². The Balaban J connectivity index is 2.42. The van der Waals surface area contributed by atoms with Crippen molar-refractivity contribution in [1.29, 1.82) is 0 Å². The van der Waals surface area contributed by atoms with Gasteiger partial charge in [0.2, 0.25) is 0 Å². The first kappa shape index (κ1) is 12.0. The Labute approximate surface area is 115 Å². The van der Waals surface area contributed by atoms with E-state index in [1.165, 1.54) is 0 Å². The van der Waals surface area contributed by atoms with E-state index in [-0.39, 0.29) is 5.43 Å². The molecular formula is C16H11ClO2. The molecule has 0 N–H and O–H groups in total. The molecule has 3 aromatic rings. The van der Waals surface area contributed by atoms with Crippen LogP contribution in [0.5, 0.6) is 0 Å². The molecule has 1 aromatic heterocycles. The number of para-hydroxylation sites is 1. The summed E-state index contributed by atoms with van der Waals surface area (Å²) < 4.78 is 5.86. The molecule has 94 valence electrons. The predicted octanol–water partition coefficient (Wildman–Crippen LogP) is 4.42. The second-order valence-corrected chi connectivity index (χ2v) is 4.78. The van der Waals surface area contributed by atoms with Gasteiger partial charge < -0.3 is 4.42 Å². The van der Waals surface area contributed by atoms with Crippen molar-refractivity contribution in [3.63, 3.8) is 0 Å². The maximum Gasteiger partial charge on any atom is 0.196 e. The van der Waals surface area contributed by atoms with Crippen LogP contribution in [0.25, 0.3) is 22.3 Å². The molecule has 0 saturated heterocycles. The Bertz CT molecular complexity index is 804. The van der Waals surface area contributed by atoms with Crippen LogP contribution in [0.1, 0.15) is 5.56 Å². The van der Waals surface area contributed by atoms with E-state index in [2.05, 4.69) is 0 Å². The molecule has 0 aliphatic heterocycles. The van der Waals surface area contributed by atoms with Crippen molar-refractivity contribution in [3.05, 3.63) is 69.3 Å².